The van der Waals surface area contributed by atoms with Crippen LogP contribution in [0.3, 0.4) is 0 Å². The zero-order valence-corrected chi connectivity index (χ0v) is 37.3. The number of carboxylic acids is 2. The van der Waals surface area contributed by atoms with Crippen LogP contribution in [0.25, 0.3) is 0 Å². The van der Waals surface area contributed by atoms with Crippen molar-refractivity contribution in [2.75, 3.05) is 0 Å². The van der Waals surface area contributed by atoms with Gasteiger partial charge in [-0.1, -0.05) is 167 Å². The standard InChI is InChI=1S/2C20H38O2S.2CH3.Sn/c2*1-2-3-4-5-6-7-8-9-10-11-12-13-14-15-16-17-18-19(23)20(21)22;;;/h2*9-10,19,23H,2-8,11-18H2,1H3,(H,21,22);2*1H3;/q;;;;+2/p-2/b2*10-9-;;;. The Bertz CT molecular complexity index is 659. The van der Waals surface area contributed by atoms with E-state index in [1.54, 1.807) is 0 Å². The van der Waals surface area contributed by atoms with E-state index in [2.05, 4.69) is 73.3 Å². The van der Waals surface area contributed by atoms with Crippen LogP contribution in [0, 0.1) is 0 Å². The number of aliphatic carboxylic acids is 2. The van der Waals surface area contributed by atoms with Crippen LogP contribution in [0.1, 0.15) is 206 Å². The van der Waals surface area contributed by atoms with Crippen LogP contribution in [0.2, 0.25) is 9.88 Å². The summed E-state index contributed by atoms with van der Waals surface area (Å²) < 4.78 is 0. The Morgan fingerprint density at radius 3 is 0.878 bits per heavy atom. The van der Waals surface area contributed by atoms with Gasteiger partial charge in [0.1, 0.15) is 0 Å². The summed E-state index contributed by atoms with van der Waals surface area (Å²) in [6.45, 7) is 4.52. The van der Waals surface area contributed by atoms with E-state index in [0.29, 0.717) is 12.8 Å². The molecule has 0 aliphatic heterocycles. The molecule has 49 heavy (non-hydrogen) atoms. The molecule has 0 saturated heterocycles. The number of hydrogen-bond acceptors (Lipinski definition) is 6. The SMILES string of the molecule is CCCCCCCC/C=C\CCCCCCCCC(S)C(=O)[O-].CCCCCCCC/C=C\CCCCCCCCC(S)C(=O)[O-].[CH3][Sn+2][CH3]. The van der Waals surface area contributed by atoms with Crippen molar-refractivity contribution in [2.24, 2.45) is 0 Å². The summed E-state index contributed by atoms with van der Waals surface area (Å²) >= 11 is 8.19. The number of thiol groups is 2. The van der Waals surface area contributed by atoms with Crippen molar-refractivity contribution in [3.05, 3.63) is 24.3 Å². The van der Waals surface area contributed by atoms with Crippen molar-refractivity contribution < 1.29 is 19.8 Å². The van der Waals surface area contributed by atoms with E-state index in [9.17, 15) is 19.8 Å². The number of carbonyl (C=O) groups is 2. The molecule has 0 spiro atoms. The van der Waals surface area contributed by atoms with E-state index in [1.165, 1.54) is 154 Å². The van der Waals surface area contributed by atoms with Crippen LogP contribution in [0.4, 0.5) is 0 Å². The number of carboxylic acid groups (broad SMARTS) is 2. The van der Waals surface area contributed by atoms with Gasteiger partial charge in [-0.3, -0.25) is 0 Å². The number of hydrogen-bond donors (Lipinski definition) is 2. The van der Waals surface area contributed by atoms with Gasteiger partial charge in [-0.2, -0.15) is 25.3 Å². The molecule has 0 aliphatic carbocycles. The Morgan fingerprint density at radius 2 is 0.653 bits per heavy atom. The first-order valence-electron chi connectivity index (χ1n) is 20.4. The summed E-state index contributed by atoms with van der Waals surface area (Å²) in [6, 6.07) is 0. The minimum atomic E-state index is -1.04. The predicted octanol–water partition coefficient (Wildman–Crippen LogP) is 11.7. The van der Waals surface area contributed by atoms with Crippen LogP contribution >= 0.6 is 25.3 Å². The van der Waals surface area contributed by atoms with Crippen LogP contribution in [-0.2, 0) is 9.59 Å². The summed E-state index contributed by atoms with van der Waals surface area (Å²) in [7, 11) is 0. The first-order valence-corrected chi connectivity index (χ1v) is 27.2. The van der Waals surface area contributed by atoms with Gasteiger partial charge < -0.3 is 19.8 Å². The Hall–Kier alpha value is -0.0813. The molecule has 0 aromatic rings. The fourth-order valence-corrected chi connectivity index (χ4v) is 5.77. The molecule has 0 heterocycles. The average Bonchev–Trinajstić information content (AvgIpc) is 3.08. The third kappa shape index (κ3) is 52.4. The Morgan fingerprint density at radius 1 is 0.449 bits per heavy atom. The fourth-order valence-electron chi connectivity index (χ4n) is 5.41. The molecule has 0 aliphatic rings. The number of allylic oxidation sites excluding steroid dienone is 4. The molecule has 0 radical (unpaired) electrons. The van der Waals surface area contributed by atoms with Crippen molar-refractivity contribution in [2.45, 2.75) is 227 Å². The second-order valence-corrected chi connectivity index (χ2v) is 17.7. The number of unbranched alkanes of at least 4 members (excludes halogenated alkanes) is 24. The molecular formula is C42H80O4S2Sn. The van der Waals surface area contributed by atoms with Gasteiger partial charge in [-0.05, 0) is 64.2 Å². The van der Waals surface area contributed by atoms with Gasteiger partial charge in [0.05, 0.1) is 11.9 Å². The monoisotopic (exact) mass is 832 g/mol. The number of rotatable bonds is 34. The molecule has 0 fully saturated rings. The molecule has 0 rings (SSSR count). The zero-order chi connectivity index (χ0) is 37.1. The van der Waals surface area contributed by atoms with E-state index in [-0.39, 0.29) is 21.1 Å². The van der Waals surface area contributed by atoms with Crippen LogP contribution in [-0.4, -0.2) is 43.6 Å². The first-order chi connectivity index (χ1) is 23.8. The Labute approximate surface area is 327 Å². The first kappa shape index (κ1) is 53.3. The second-order valence-electron chi connectivity index (χ2n) is 13.6. The average molecular weight is 832 g/mol. The van der Waals surface area contributed by atoms with Gasteiger partial charge in [0.15, 0.2) is 0 Å². The molecule has 288 valence electrons. The maximum atomic E-state index is 10.5. The molecule has 0 N–H and O–H groups in total. The molecule has 7 heteroatoms. The normalized spacial score (nSPS) is 12.2. The van der Waals surface area contributed by atoms with E-state index < -0.39 is 22.4 Å². The third-order valence-corrected chi connectivity index (χ3v) is 9.46. The van der Waals surface area contributed by atoms with Gasteiger partial charge in [0.25, 0.3) is 0 Å². The van der Waals surface area contributed by atoms with Gasteiger partial charge in [0, 0.05) is 10.5 Å². The van der Waals surface area contributed by atoms with Crippen LogP contribution < -0.4 is 10.2 Å². The van der Waals surface area contributed by atoms with Crippen LogP contribution in [0.15, 0.2) is 24.3 Å². The molecule has 0 aromatic carbocycles. The number of carbonyl (C=O) groups excluding carboxylic acids is 2. The van der Waals surface area contributed by atoms with Gasteiger partial charge in [0.2, 0.25) is 0 Å². The van der Waals surface area contributed by atoms with E-state index in [0.717, 1.165) is 25.7 Å². The molecule has 0 bridgehead atoms. The Kier molecular flexibility index (Phi) is 52.1. The molecule has 0 amide bonds. The second kappa shape index (κ2) is 47.9. The van der Waals surface area contributed by atoms with Crippen molar-refractivity contribution in [1.29, 1.82) is 0 Å². The molecule has 0 saturated carbocycles. The van der Waals surface area contributed by atoms with Crippen molar-refractivity contribution in [1.82, 2.24) is 0 Å². The summed E-state index contributed by atoms with van der Waals surface area (Å²) in [5, 5.41) is 19.8. The fraction of sp³-hybridized carbons (Fsp3) is 0.857. The zero-order valence-electron chi connectivity index (χ0n) is 32.7. The summed E-state index contributed by atoms with van der Waals surface area (Å²) in [6.07, 6.45) is 46.2. The topological polar surface area (TPSA) is 80.3 Å². The third-order valence-electron chi connectivity index (χ3n) is 8.52. The minimum absolute atomic E-state index is 0.230. The molecule has 4 nitrogen and oxygen atoms in total. The maximum absolute atomic E-state index is 10.5. The van der Waals surface area contributed by atoms with Gasteiger partial charge >= 0.3 is 31.0 Å². The summed E-state index contributed by atoms with van der Waals surface area (Å²) in [4.78, 5) is 25.6. The van der Waals surface area contributed by atoms with Gasteiger partial charge in [-0.15, -0.1) is 0 Å². The molecule has 2 atom stereocenters. The van der Waals surface area contributed by atoms with E-state index in [1.807, 2.05) is 0 Å². The van der Waals surface area contributed by atoms with Crippen molar-refractivity contribution in [3.8, 4) is 0 Å². The quantitative estimate of drug-likeness (QED) is 0.0293. The van der Waals surface area contributed by atoms with Gasteiger partial charge in [-0.25, -0.2) is 0 Å². The van der Waals surface area contributed by atoms with Crippen LogP contribution in [0.5, 0.6) is 0 Å². The van der Waals surface area contributed by atoms with Crippen molar-refractivity contribution in [3.63, 3.8) is 0 Å². The summed E-state index contributed by atoms with van der Waals surface area (Å²) in [5.41, 5.74) is 0. The molecular weight excluding hydrogens is 751 g/mol. The Balaban J connectivity index is -0.000000798. The summed E-state index contributed by atoms with van der Waals surface area (Å²) in [5.74, 6) is -2.08. The van der Waals surface area contributed by atoms with Crippen molar-refractivity contribution >= 4 is 58.3 Å². The molecule has 0 aromatic heterocycles. The van der Waals surface area contributed by atoms with E-state index in [4.69, 9.17) is 0 Å². The predicted molar refractivity (Wildman–Crippen MR) is 221 cm³/mol. The van der Waals surface area contributed by atoms with E-state index >= 15 is 0 Å². The molecule has 2 unspecified atom stereocenters.